The molecule has 1 aliphatic rings. The first-order valence-corrected chi connectivity index (χ1v) is 10.2. The Balaban J connectivity index is 0.000000297. The fourth-order valence-electron chi connectivity index (χ4n) is 3.38. The molecular formula is C25H27FN4O2. The van der Waals surface area contributed by atoms with E-state index >= 15 is 0 Å². The number of hydrogen-bond acceptors (Lipinski definition) is 6. The van der Waals surface area contributed by atoms with E-state index in [2.05, 4.69) is 9.80 Å². The van der Waals surface area contributed by atoms with E-state index < -0.39 is 5.82 Å². The van der Waals surface area contributed by atoms with Gasteiger partial charge in [-0.3, -0.25) is 4.79 Å². The van der Waals surface area contributed by atoms with Gasteiger partial charge in [0.05, 0.1) is 12.7 Å². The SMILES string of the molecule is COc1ccc(C=O)cc1.N#Cc1ccc(N2CCN(c3ccc(N)cc3)CC2)cc1F.[HH]. The number of anilines is 3. The van der Waals surface area contributed by atoms with Crippen molar-refractivity contribution in [2.75, 3.05) is 48.8 Å². The summed E-state index contributed by atoms with van der Waals surface area (Å²) in [7, 11) is 1.59. The van der Waals surface area contributed by atoms with Crippen LogP contribution < -0.4 is 20.3 Å². The second-order valence-corrected chi connectivity index (χ2v) is 7.23. The minimum atomic E-state index is -0.457. The molecule has 1 saturated heterocycles. The van der Waals surface area contributed by atoms with Gasteiger partial charge in [-0.1, -0.05) is 0 Å². The number of aldehydes is 1. The topological polar surface area (TPSA) is 82.6 Å². The number of hydrogen-bond donors (Lipinski definition) is 1. The predicted molar refractivity (Wildman–Crippen MR) is 127 cm³/mol. The molecule has 0 atom stereocenters. The van der Waals surface area contributed by atoms with Gasteiger partial charge in [-0.2, -0.15) is 5.26 Å². The van der Waals surface area contributed by atoms with E-state index in [1.165, 1.54) is 12.1 Å². The second-order valence-electron chi connectivity index (χ2n) is 7.23. The minimum absolute atomic E-state index is 0. The van der Waals surface area contributed by atoms with Gasteiger partial charge in [0.25, 0.3) is 0 Å². The van der Waals surface area contributed by atoms with Crippen molar-refractivity contribution in [2.24, 2.45) is 0 Å². The molecule has 3 aromatic carbocycles. The zero-order valence-electron chi connectivity index (χ0n) is 17.9. The number of piperazine rings is 1. The maximum atomic E-state index is 13.7. The van der Waals surface area contributed by atoms with Crippen molar-refractivity contribution in [3.05, 3.63) is 83.7 Å². The van der Waals surface area contributed by atoms with Crippen LogP contribution in [0, 0.1) is 17.1 Å². The number of nitrogen functional groups attached to an aromatic ring is 1. The molecule has 6 nitrogen and oxygen atoms in total. The molecule has 7 heteroatoms. The smallest absolute Gasteiger partial charge is 0.150 e. The molecule has 166 valence electrons. The van der Waals surface area contributed by atoms with Crippen LogP contribution in [0.4, 0.5) is 21.5 Å². The van der Waals surface area contributed by atoms with Crippen LogP contribution in [0.2, 0.25) is 0 Å². The predicted octanol–water partition coefficient (Wildman–Crippen LogP) is 4.36. The summed E-state index contributed by atoms with van der Waals surface area (Å²) in [5, 5.41) is 8.78. The Morgan fingerprint density at radius 1 is 0.969 bits per heavy atom. The lowest BCUT2D eigenvalue weighted by atomic mass is 10.1. The molecule has 1 heterocycles. The third kappa shape index (κ3) is 5.76. The van der Waals surface area contributed by atoms with Gasteiger partial charge < -0.3 is 20.3 Å². The van der Waals surface area contributed by atoms with Crippen molar-refractivity contribution in [2.45, 2.75) is 0 Å². The molecule has 32 heavy (non-hydrogen) atoms. The summed E-state index contributed by atoms with van der Waals surface area (Å²) >= 11 is 0. The molecule has 0 saturated carbocycles. The lowest BCUT2D eigenvalue weighted by Crippen LogP contribution is -2.46. The van der Waals surface area contributed by atoms with E-state index in [-0.39, 0.29) is 6.99 Å². The average Bonchev–Trinajstić information content (AvgIpc) is 2.85. The highest BCUT2D eigenvalue weighted by Crippen LogP contribution is 2.23. The monoisotopic (exact) mass is 434 g/mol. The third-order valence-corrected chi connectivity index (χ3v) is 5.23. The van der Waals surface area contributed by atoms with E-state index in [4.69, 9.17) is 15.7 Å². The fourth-order valence-corrected chi connectivity index (χ4v) is 3.38. The zero-order valence-corrected chi connectivity index (χ0v) is 17.9. The summed E-state index contributed by atoms with van der Waals surface area (Å²) in [6, 6.07) is 21.4. The van der Waals surface area contributed by atoms with E-state index in [9.17, 15) is 9.18 Å². The second kappa shape index (κ2) is 10.8. The molecule has 1 aliphatic heterocycles. The normalized spacial score (nSPS) is 12.9. The number of carbonyl (C=O) groups is 1. The minimum Gasteiger partial charge on any atom is -0.497 e. The van der Waals surface area contributed by atoms with Crippen LogP contribution >= 0.6 is 0 Å². The molecule has 0 aromatic heterocycles. The van der Waals surface area contributed by atoms with Crippen LogP contribution in [0.1, 0.15) is 17.3 Å². The summed E-state index contributed by atoms with van der Waals surface area (Å²) in [6.07, 6.45) is 0.805. The summed E-state index contributed by atoms with van der Waals surface area (Å²) in [5.74, 6) is 0.312. The first-order chi connectivity index (χ1) is 15.5. The molecule has 0 bridgehead atoms. The number of halogens is 1. The van der Waals surface area contributed by atoms with Crippen LogP contribution in [-0.4, -0.2) is 39.6 Å². The number of rotatable bonds is 4. The summed E-state index contributed by atoms with van der Waals surface area (Å²) in [6.45, 7) is 3.36. The molecular weight excluding hydrogens is 407 g/mol. The van der Waals surface area contributed by atoms with Crippen LogP contribution in [0.15, 0.2) is 66.7 Å². The Labute approximate surface area is 188 Å². The molecule has 0 aliphatic carbocycles. The van der Waals surface area contributed by atoms with Gasteiger partial charge in [0, 0.05) is 50.2 Å². The molecule has 0 amide bonds. The Morgan fingerprint density at radius 3 is 2.03 bits per heavy atom. The molecule has 4 rings (SSSR count). The molecule has 0 spiro atoms. The van der Waals surface area contributed by atoms with Crippen LogP contribution in [0.25, 0.3) is 0 Å². The van der Waals surface area contributed by atoms with Gasteiger partial charge in [0.1, 0.15) is 23.9 Å². The maximum Gasteiger partial charge on any atom is 0.150 e. The largest absolute Gasteiger partial charge is 0.497 e. The van der Waals surface area contributed by atoms with Crippen LogP contribution in [0.5, 0.6) is 5.75 Å². The highest BCUT2D eigenvalue weighted by atomic mass is 19.1. The highest BCUT2D eigenvalue weighted by Gasteiger charge is 2.18. The first-order valence-electron chi connectivity index (χ1n) is 10.2. The van der Waals surface area contributed by atoms with Crippen molar-refractivity contribution in [1.29, 1.82) is 5.26 Å². The van der Waals surface area contributed by atoms with Gasteiger partial charge in [-0.15, -0.1) is 0 Å². The molecule has 0 unspecified atom stereocenters. The fraction of sp³-hybridized carbons (Fsp3) is 0.200. The van der Waals surface area contributed by atoms with Gasteiger partial charge in [0.2, 0.25) is 0 Å². The molecule has 0 radical (unpaired) electrons. The Kier molecular flexibility index (Phi) is 7.65. The number of nitriles is 1. The molecule has 1 fully saturated rings. The number of nitrogens with two attached hydrogens (primary N) is 1. The highest BCUT2D eigenvalue weighted by molar-refractivity contribution is 5.74. The third-order valence-electron chi connectivity index (χ3n) is 5.23. The summed E-state index contributed by atoms with van der Waals surface area (Å²) < 4.78 is 18.6. The van der Waals surface area contributed by atoms with E-state index in [1.54, 1.807) is 37.4 Å². The van der Waals surface area contributed by atoms with Crippen molar-refractivity contribution >= 4 is 23.3 Å². The Bertz CT molecular complexity index is 1080. The average molecular weight is 435 g/mol. The summed E-state index contributed by atoms with van der Waals surface area (Å²) in [5.41, 5.74) is 9.20. The zero-order chi connectivity index (χ0) is 22.9. The lowest BCUT2D eigenvalue weighted by molar-refractivity contribution is 0.112. The van der Waals surface area contributed by atoms with Gasteiger partial charge in [0.15, 0.2) is 0 Å². The standard InChI is InChI=1S/C17H17FN4.C8H8O2.H2/c18-17-11-16(4-1-13(17)12-19)22-9-7-21(8-10-22)15-5-2-14(20)3-6-15;1-10-8-4-2-7(6-9)3-5-8;/h1-6,11H,7-10,20H2;2-6H,1H3;1H. The van der Waals surface area contributed by atoms with E-state index in [0.717, 1.165) is 55.3 Å². The quantitative estimate of drug-likeness (QED) is 0.485. The van der Waals surface area contributed by atoms with Gasteiger partial charge >= 0.3 is 0 Å². The molecule has 3 aromatic rings. The first kappa shape index (κ1) is 22.6. The van der Waals surface area contributed by atoms with Gasteiger partial charge in [-0.25, -0.2) is 4.39 Å². The molecule has 2 N–H and O–H groups in total. The van der Waals surface area contributed by atoms with Crippen LogP contribution in [-0.2, 0) is 0 Å². The Hall–Kier alpha value is -4.05. The maximum absolute atomic E-state index is 13.7. The number of nitrogens with zero attached hydrogens (tertiary/aromatic N) is 3. The number of carbonyl (C=O) groups excluding carboxylic acids is 1. The number of benzene rings is 3. The summed E-state index contributed by atoms with van der Waals surface area (Å²) in [4.78, 5) is 14.6. The van der Waals surface area contributed by atoms with E-state index in [1.807, 2.05) is 30.3 Å². The van der Waals surface area contributed by atoms with Crippen molar-refractivity contribution < 1.29 is 15.3 Å². The van der Waals surface area contributed by atoms with Gasteiger partial charge in [-0.05, 0) is 66.7 Å². The van der Waals surface area contributed by atoms with Crippen LogP contribution in [0.3, 0.4) is 0 Å². The number of methoxy groups -OCH3 is 1. The van der Waals surface area contributed by atoms with Crippen molar-refractivity contribution in [1.82, 2.24) is 0 Å². The Morgan fingerprint density at radius 2 is 1.53 bits per heavy atom. The van der Waals surface area contributed by atoms with E-state index in [0.29, 0.717) is 5.56 Å². The lowest BCUT2D eigenvalue weighted by Gasteiger charge is -2.37. The van der Waals surface area contributed by atoms with Crippen molar-refractivity contribution in [3.8, 4) is 11.8 Å². The number of ether oxygens (including phenoxy) is 1. The van der Waals surface area contributed by atoms with Crippen molar-refractivity contribution in [3.63, 3.8) is 0 Å².